The zero-order valence-corrected chi connectivity index (χ0v) is 9.93. The maximum atomic E-state index is 5.66. The second kappa shape index (κ2) is 4.41. The second-order valence-electron chi connectivity index (χ2n) is 2.24. The minimum atomic E-state index is -1.60. The molecule has 6 heteroatoms. The molecule has 0 radical (unpaired) electrons. The van der Waals surface area contributed by atoms with E-state index in [2.05, 4.69) is 4.98 Å². The first-order valence-corrected chi connectivity index (χ1v) is 5.24. The molecule has 1 rings (SSSR count). The molecule has 0 amide bonds. The van der Waals surface area contributed by atoms with E-state index in [1.165, 1.54) is 6.20 Å². The van der Waals surface area contributed by atoms with E-state index >= 15 is 0 Å². The van der Waals surface area contributed by atoms with Gasteiger partial charge < -0.3 is 0 Å². The Morgan fingerprint density at radius 1 is 1.23 bits per heavy atom. The van der Waals surface area contributed by atoms with Crippen LogP contribution < -0.4 is 0 Å². The quantitative estimate of drug-likeness (QED) is 0.695. The molecule has 72 valence electrons. The summed E-state index contributed by atoms with van der Waals surface area (Å²) >= 11 is 28.3. The van der Waals surface area contributed by atoms with Gasteiger partial charge in [-0.05, 0) is 6.07 Å². The van der Waals surface area contributed by atoms with Gasteiger partial charge in [-0.2, -0.15) is 0 Å². The molecule has 1 nitrogen and oxygen atoms in total. The van der Waals surface area contributed by atoms with Gasteiger partial charge in [0.25, 0.3) is 0 Å². The van der Waals surface area contributed by atoms with Crippen LogP contribution in [-0.4, -0.2) is 4.98 Å². The summed E-state index contributed by atoms with van der Waals surface area (Å²) in [5.41, 5.74) is 0.765. The first-order chi connectivity index (χ1) is 5.93. The van der Waals surface area contributed by atoms with Gasteiger partial charge in [-0.1, -0.05) is 64.1 Å². The first-order valence-electron chi connectivity index (χ1n) is 3.23. The Kier molecular flexibility index (Phi) is 3.96. The summed E-state index contributed by atoms with van der Waals surface area (Å²) in [6, 6.07) is 3.34. The highest BCUT2D eigenvalue weighted by Gasteiger charge is 2.29. The highest BCUT2D eigenvalue weighted by Crippen LogP contribution is 2.42. The van der Waals surface area contributed by atoms with Crippen LogP contribution in [0.1, 0.15) is 16.1 Å². The van der Waals surface area contributed by atoms with Gasteiger partial charge >= 0.3 is 0 Å². The number of alkyl halides is 5. The van der Waals surface area contributed by atoms with Crippen molar-refractivity contribution in [3.05, 3.63) is 29.6 Å². The van der Waals surface area contributed by atoms with Crippen LogP contribution in [0.2, 0.25) is 0 Å². The first kappa shape index (κ1) is 11.7. The van der Waals surface area contributed by atoms with Crippen molar-refractivity contribution in [1.29, 1.82) is 0 Å². The van der Waals surface area contributed by atoms with E-state index in [0.717, 1.165) is 0 Å². The zero-order valence-electron chi connectivity index (χ0n) is 6.15. The lowest BCUT2D eigenvalue weighted by Gasteiger charge is -2.14. The third kappa shape index (κ3) is 3.03. The molecular formula is C7H4Cl5N. The van der Waals surface area contributed by atoms with Gasteiger partial charge in [-0.25, -0.2) is 0 Å². The maximum absolute atomic E-state index is 5.66. The van der Waals surface area contributed by atoms with Crippen molar-refractivity contribution in [3.8, 4) is 0 Å². The Hall–Kier alpha value is 0.600. The van der Waals surface area contributed by atoms with Crippen molar-refractivity contribution in [2.24, 2.45) is 0 Å². The van der Waals surface area contributed by atoms with E-state index < -0.39 is 8.63 Å². The van der Waals surface area contributed by atoms with Gasteiger partial charge in [-0.15, -0.1) is 0 Å². The Morgan fingerprint density at radius 2 is 1.85 bits per heavy atom. The Labute approximate surface area is 101 Å². The van der Waals surface area contributed by atoms with Crippen LogP contribution >= 0.6 is 58.0 Å². The van der Waals surface area contributed by atoms with E-state index in [1.54, 1.807) is 12.1 Å². The third-order valence-electron chi connectivity index (χ3n) is 1.34. The minimum absolute atomic E-state index is 0.259. The molecule has 0 aliphatic rings. The molecule has 0 atom stereocenters. The van der Waals surface area contributed by atoms with Gasteiger partial charge in [-0.3, -0.25) is 4.98 Å². The fourth-order valence-electron chi connectivity index (χ4n) is 0.831. The Balaban J connectivity index is 3.20. The predicted molar refractivity (Wildman–Crippen MR) is 57.9 cm³/mol. The predicted octanol–water partition coefficient (Wildman–Crippen LogP) is 4.38. The van der Waals surface area contributed by atoms with E-state index in [9.17, 15) is 0 Å². The lowest BCUT2D eigenvalue weighted by molar-refractivity contribution is 1.03. The fourth-order valence-corrected chi connectivity index (χ4v) is 1.66. The number of rotatable bonds is 1. The average Bonchev–Trinajstić information content (AvgIpc) is 2.03. The monoisotopic (exact) mass is 277 g/mol. The maximum Gasteiger partial charge on any atom is 0.232 e. The molecule has 0 saturated heterocycles. The second-order valence-corrected chi connectivity index (χ2v) is 5.62. The van der Waals surface area contributed by atoms with Crippen LogP contribution in [0.15, 0.2) is 18.3 Å². The van der Waals surface area contributed by atoms with Gasteiger partial charge in [0.2, 0.25) is 3.79 Å². The summed E-state index contributed by atoms with van der Waals surface area (Å²) in [5.74, 6) is 0. The topological polar surface area (TPSA) is 12.9 Å². The molecular weight excluding hydrogens is 275 g/mol. The minimum Gasteiger partial charge on any atom is -0.256 e. The smallest absolute Gasteiger partial charge is 0.232 e. The molecule has 0 aliphatic heterocycles. The van der Waals surface area contributed by atoms with Crippen LogP contribution in [0.3, 0.4) is 0 Å². The van der Waals surface area contributed by atoms with Crippen LogP contribution in [0.25, 0.3) is 0 Å². The van der Waals surface area contributed by atoms with E-state index in [1.807, 2.05) is 0 Å². The molecule has 1 aromatic rings. The molecule has 1 heterocycles. The summed E-state index contributed by atoms with van der Waals surface area (Å²) in [4.78, 5) is 3.16. The summed E-state index contributed by atoms with van der Waals surface area (Å²) in [6.45, 7) is 0. The summed E-state index contributed by atoms with van der Waals surface area (Å²) < 4.78 is -1.60. The largest absolute Gasteiger partial charge is 0.256 e. The Morgan fingerprint density at radius 3 is 2.23 bits per heavy atom. The van der Waals surface area contributed by atoms with E-state index in [0.29, 0.717) is 5.56 Å². The molecule has 0 aromatic carbocycles. The van der Waals surface area contributed by atoms with Crippen LogP contribution in [0.5, 0.6) is 0 Å². The highest BCUT2D eigenvalue weighted by atomic mass is 35.6. The van der Waals surface area contributed by atoms with Crippen LogP contribution in [-0.2, 0) is 3.79 Å². The van der Waals surface area contributed by atoms with E-state index in [-0.39, 0.29) is 5.69 Å². The zero-order chi connectivity index (χ0) is 10.1. The van der Waals surface area contributed by atoms with Crippen molar-refractivity contribution in [2.45, 2.75) is 8.63 Å². The molecule has 0 unspecified atom stereocenters. The van der Waals surface area contributed by atoms with Crippen LogP contribution in [0, 0.1) is 0 Å². The van der Waals surface area contributed by atoms with Crippen LogP contribution in [0.4, 0.5) is 0 Å². The Bertz CT molecular complexity index is 293. The number of nitrogens with zero attached hydrogens (tertiary/aromatic N) is 1. The molecule has 13 heavy (non-hydrogen) atoms. The molecule has 0 N–H and O–H groups in total. The molecule has 0 saturated carbocycles. The van der Waals surface area contributed by atoms with Crippen molar-refractivity contribution < 1.29 is 0 Å². The lowest BCUT2D eigenvalue weighted by atomic mass is 10.2. The molecule has 0 spiro atoms. The molecule has 0 fully saturated rings. The highest BCUT2D eigenvalue weighted by molar-refractivity contribution is 6.66. The van der Waals surface area contributed by atoms with Gasteiger partial charge in [0.05, 0.1) is 5.69 Å². The number of halogens is 5. The van der Waals surface area contributed by atoms with Gasteiger partial charge in [0.15, 0.2) is 0 Å². The van der Waals surface area contributed by atoms with Gasteiger partial charge in [0, 0.05) is 11.8 Å². The summed E-state index contributed by atoms with van der Waals surface area (Å²) in [5, 5.41) is 0. The number of hydrogen-bond donors (Lipinski definition) is 0. The molecule has 1 aromatic heterocycles. The third-order valence-corrected chi connectivity index (χ3v) is 2.35. The summed E-state index contributed by atoms with van der Waals surface area (Å²) in [6.07, 6.45) is 1.51. The number of hydrogen-bond acceptors (Lipinski definition) is 1. The number of pyridine rings is 1. The molecule has 0 bridgehead atoms. The lowest BCUT2D eigenvalue weighted by Crippen LogP contribution is -2.07. The average molecular weight is 279 g/mol. The SMILES string of the molecule is ClC(Cl)c1cccnc1C(Cl)(Cl)Cl. The molecule has 0 aliphatic carbocycles. The van der Waals surface area contributed by atoms with Crippen molar-refractivity contribution in [1.82, 2.24) is 4.98 Å². The summed E-state index contributed by atoms with van der Waals surface area (Å²) in [7, 11) is 0. The van der Waals surface area contributed by atoms with Crippen molar-refractivity contribution in [2.75, 3.05) is 0 Å². The van der Waals surface area contributed by atoms with E-state index in [4.69, 9.17) is 58.0 Å². The fraction of sp³-hybridized carbons (Fsp3) is 0.286. The van der Waals surface area contributed by atoms with Crippen molar-refractivity contribution in [3.63, 3.8) is 0 Å². The normalized spacial score (nSPS) is 12.2. The van der Waals surface area contributed by atoms with Crippen molar-refractivity contribution >= 4 is 58.0 Å². The standard InChI is InChI=1S/C7H4Cl5N/c8-6(9)4-2-1-3-13-5(4)7(10,11)12/h1-3,6H. The number of aromatic nitrogens is 1. The van der Waals surface area contributed by atoms with Gasteiger partial charge in [0.1, 0.15) is 4.84 Å².